The van der Waals surface area contributed by atoms with Crippen molar-refractivity contribution < 1.29 is 9.18 Å². The van der Waals surface area contributed by atoms with E-state index in [1.165, 1.54) is 25.0 Å². The normalized spacial score (nSPS) is 17.4. The van der Waals surface area contributed by atoms with Gasteiger partial charge in [0.25, 0.3) is 0 Å². The predicted octanol–water partition coefficient (Wildman–Crippen LogP) is 2.65. The summed E-state index contributed by atoms with van der Waals surface area (Å²) in [5.41, 5.74) is 1.04. The summed E-state index contributed by atoms with van der Waals surface area (Å²) in [6.45, 7) is 4.15. The Labute approximate surface area is 126 Å². The molecule has 1 atom stereocenters. The minimum Gasteiger partial charge on any atom is -0.353 e. The molecule has 1 amide bonds. The molecule has 1 aliphatic heterocycles. The summed E-state index contributed by atoms with van der Waals surface area (Å²) >= 11 is 0. The number of benzene rings is 1. The number of hydrogen-bond acceptors (Lipinski definition) is 2. The molecule has 21 heavy (non-hydrogen) atoms. The molecule has 0 bridgehead atoms. The maximum absolute atomic E-state index is 12.8. The van der Waals surface area contributed by atoms with E-state index in [0.717, 1.165) is 31.5 Å². The van der Waals surface area contributed by atoms with E-state index in [2.05, 4.69) is 10.6 Å². The number of rotatable bonds is 6. The molecule has 0 radical (unpaired) electrons. The second-order valence-electron chi connectivity index (χ2n) is 6.03. The standard InChI is InChI=1S/C17H25FN2O/c1-13(12-15-2-5-16(18)6-3-15)20-17(21)7-4-14-8-10-19-11-9-14/h2-3,5-6,13-14,19H,4,7-12H2,1H3,(H,20,21). The van der Waals surface area contributed by atoms with Gasteiger partial charge in [-0.3, -0.25) is 4.79 Å². The third kappa shape index (κ3) is 5.84. The Balaban J connectivity index is 1.67. The largest absolute Gasteiger partial charge is 0.353 e. The van der Waals surface area contributed by atoms with Crippen LogP contribution in [0.15, 0.2) is 24.3 Å². The van der Waals surface area contributed by atoms with Crippen LogP contribution in [0, 0.1) is 11.7 Å². The van der Waals surface area contributed by atoms with Crippen LogP contribution in [0.25, 0.3) is 0 Å². The molecule has 0 saturated carbocycles. The number of hydrogen-bond donors (Lipinski definition) is 2. The summed E-state index contributed by atoms with van der Waals surface area (Å²) < 4.78 is 12.8. The van der Waals surface area contributed by atoms with Crippen LogP contribution in [0.1, 0.15) is 38.2 Å². The smallest absolute Gasteiger partial charge is 0.220 e. The monoisotopic (exact) mass is 292 g/mol. The minimum absolute atomic E-state index is 0.0796. The van der Waals surface area contributed by atoms with Crippen molar-refractivity contribution in [2.45, 2.75) is 45.1 Å². The first-order chi connectivity index (χ1) is 10.1. The van der Waals surface area contributed by atoms with Crippen LogP contribution in [0.5, 0.6) is 0 Å². The SMILES string of the molecule is CC(Cc1ccc(F)cc1)NC(=O)CCC1CCNCC1. The molecule has 1 fully saturated rings. The molecule has 2 N–H and O–H groups in total. The Hall–Kier alpha value is -1.42. The third-order valence-electron chi connectivity index (χ3n) is 4.10. The molecule has 0 aromatic heterocycles. The lowest BCUT2D eigenvalue weighted by Gasteiger charge is -2.22. The lowest BCUT2D eigenvalue weighted by atomic mass is 9.93. The average Bonchev–Trinajstić information content (AvgIpc) is 2.48. The molecular weight excluding hydrogens is 267 g/mol. The molecule has 3 nitrogen and oxygen atoms in total. The van der Waals surface area contributed by atoms with Gasteiger partial charge in [-0.25, -0.2) is 4.39 Å². The molecule has 1 unspecified atom stereocenters. The molecule has 1 saturated heterocycles. The molecule has 0 spiro atoms. The maximum atomic E-state index is 12.8. The summed E-state index contributed by atoms with van der Waals surface area (Å²) in [5.74, 6) is 0.588. The fourth-order valence-corrected chi connectivity index (χ4v) is 2.88. The highest BCUT2D eigenvalue weighted by Gasteiger charge is 2.15. The lowest BCUT2D eigenvalue weighted by Crippen LogP contribution is -2.35. The van der Waals surface area contributed by atoms with Crippen LogP contribution in [0.3, 0.4) is 0 Å². The van der Waals surface area contributed by atoms with Crippen molar-refractivity contribution in [3.63, 3.8) is 0 Å². The van der Waals surface area contributed by atoms with Crippen LogP contribution >= 0.6 is 0 Å². The Morgan fingerprint density at radius 3 is 2.67 bits per heavy atom. The molecule has 2 rings (SSSR count). The van der Waals surface area contributed by atoms with Gasteiger partial charge >= 0.3 is 0 Å². The van der Waals surface area contributed by atoms with E-state index < -0.39 is 0 Å². The molecule has 1 heterocycles. The zero-order valence-electron chi connectivity index (χ0n) is 12.7. The van der Waals surface area contributed by atoms with E-state index in [4.69, 9.17) is 0 Å². The van der Waals surface area contributed by atoms with Crippen molar-refractivity contribution in [2.75, 3.05) is 13.1 Å². The lowest BCUT2D eigenvalue weighted by molar-refractivity contribution is -0.122. The third-order valence-corrected chi connectivity index (χ3v) is 4.10. The van der Waals surface area contributed by atoms with Gasteiger partial charge in [-0.1, -0.05) is 12.1 Å². The van der Waals surface area contributed by atoms with Crippen molar-refractivity contribution in [2.24, 2.45) is 5.92 Å². The van der Waals surface area contributed by atoms with Gasteiger partial charge in [0.15, 0.2) is 0 Å². The van der Waals surface area contributed by atoms with Gasteiger partial charge < -0.3 is 10.6 Å². The van der Waals surface area contributed by atoms with Crippen molar-refractivity contribution in [1.82, 2.24) is 10.6 Å². The van der Waals surface area contributed by atoms with E-state index in [1.54, 1.807) is 12.1 Å². The van der Waals surface area contributed by atoms with E-state index >= 15 is 0 Å². The van der Waals surface area contributed by atoms with Gasteiger partial charge in [-0.15, -0.1) is 0 Å². The highest BCUT2D eigenvalue weighted by molar-refractivity contribution is 5.76. The van der Waals surface area contributed by atoms with Crippen LogP contribution in [-0.4, -0.2) is 25.0 Å². The van der Waals surface area contributed by atoms with Gasteiger partial charge in [0.05, 0.1) is 0 Å². The fourth-order valence-electron chi connectivity index (χ4n) is 2.88. The Kier molecular flexibility index (Phi) is 6.18. The number of carbonyl (C=O) groups excluding carboxylic acids is 1. The Bertz CT molecular complexity index is 441. The fraction of sp³-hybridized carbons (Fsp3) is 0.588. The number of piperidine rings is 1. The second-order valence-corrected chi connectivity index (χ2v) is 6.03. The zero-order valence-corrected chi connectivity index (χ0v) is 12.7. The maximum Gasteiger partial charge on any atom is 0.220 e. The molecular formula is C17H25FN2O. The first kappa shape index (κ1) is 16.0. The predicted molar refractivity (Wildman–Crippen MR) is 82.5 cm³/mol. The molecule has 1 aromatic carbocycles. The van der Waals surface area contributed by atoms with Gasteiger partial charge in [-0.2, -0.15) is 0 Å². The summed E-state index contributed by atoms with van der Waals surface area (Å²) in [6.07, 6.45) is 4.69. The van der Waals surface area contributed by atoms with Crippen LogP contribution in [-0.2, 0) is 11.2 Å². The van der Waals surface area contributed by atoms with Crippen molar-refractivity contribution in [1.29, 1.82) is 0 Å². The minimum atomic E-state index is -0.225. The van der Waals surface area contributed by atoms with E-state index in [1.807, 2.05) is 6.92 Å². The topological polar surface area (TPSA) is 41.1 Å². The first-order valence-electron chi connectivity index (χ1n) is 7.88. The number of amides is 1. The highest BCUT2D eigenvalue weighted by Crippen LogP contribution is 2.17. The van der Waals surface area contributed by atoms with Gasteiger partial charge in [0.2, 0.25) is 5.91 Å². The van der Waals surface area contributed by atoms with Crippen molar-refractivity contribution >= 4 is 5.91 Å². The van der Waals surface area contributed by atoms with E-state index in [-0.39, 0.29) is 17.8 Å². The van der Waals surface area contributed by atoms with Crippen molar-refractivity contribution in [3.8, 4) is 0 Å². The van der Waals surface area contributed by atoms with Crippen LogP contribution < -0.4 is 10.6 Å². The van der Waals surface area contributed by atoms with E-state index in [0.29, 0.717) is 12.3 Å². The highest BCUT2D eigenvalue weighted by atomic mass is 19.1. The summed E-state index contributed by atoms with van der Waals surface area (Å²) in [5, 5.41) is 6.37. The molecule has 1 aliphatic rings. The van der Waals surface area contributed by atoms with E-state index in [9.17, 15) is 9.18 Å². The van der Waals surface area contributed by atoms with Crippen LogP contribution in [0.2, 0.25) is 0 Å². The molecule has 1 aromatic rings. The van der Waals surface area contributed by atoms with Gasteiger partial charge in [0, 0.05) is 12.5 Å². The molecule has 4 heteroatoms. The Morgan fingerprint density at radius 1 is 1.33 bits per heavy atom. The van der Waals surface area contributed by atoms with Gasteiger partial charge in [0.1, 0.15) is 5.82 Å². The quantitative estimate of drug-likeness (QED) is 0.846. The molecule has 116 valence electrons. The second kappa shape index (κ2) is 8.13. The van der Waals surface area contributed by atoms with Crippen LogP contribution in [0.4, 0.5) is 4.39 Å². The molecule has 0 aliphatic carbocycles. The number of nitrogens with one attached hydrogen (secondary N) is 2. The summed E-state index contributed by atoms with van der Waals surface area (Å²) in [7, 11) is 0. The summed E-state index contributed by atoms with van der Waals surface area (Å²) in [6, 6.07) is 6.54. The van der Waals surface area contributed by atoms with Crippen molar-refractivity contribution in [3.05, 3.63) is 35.6 Å². The number of carbonyl (C=O) groups is 1. The average molecular weight is 292 g/mol. The number of halogens is 1. The Morgan fingerprint density at radius 2 is 2.00 bits per heavy atom. The van der Waals surface area contributed by atoms with Gasteiger partial charge in [-0.05, 0) is 69.3 Å². The summed E-state index contributed by atoms with van der Waals surface area (Å²) in [4.78, 5) is 12.0. The zero-order chi connectivity index (χ0) is 15.1. The first-order valence-corrected chi connectivity index (χ1v) is 7.88.